The van der Waals surface area contributed by atoms with Crippen LogP contribution in [-0.2, 0) is 6.54 Å². The first-order valence-corrected chi connectivity index (χ1v) is 5.14. The number of rotatable bonds is 3. The third kappa shape index (κ3) is 2.28. The zero-order valence-corrected chi connectivity index (χ0v) is 8.80. The van der Waals surface area contributed by atoms with Crippen LogP contribution >= 0.6 is 0 Å². The van der Waals surface area contributed by atoms with Crippen molar-refractivity contribution in [2.45, 2.75) is 19.6 Å². The minimum Gasteiger partial charge on any atom is -0.387 e. The van der Waals surface area contributed by atoms with E-state index in [2.05, 4.69) is 16.7 Å². The fourth-order valence-corrected chi connectivity index (χ4v) is 1.73. The molecule has 0 bridgehead atoms. The molecule has 1 unspecified atom stereocenters. The summed E-state index contributed by atoms with van der Waals surface area (Å²) >= 11 is 0. The molecule has 2 aromatic rings. The van der Waals surface area contributed by atoms with Gasteiger partial charge in [-0.2, -0.15) is 0 Å². The average molecular weight is 201 g/mol. The molecule has 15 heavy (non-hydrogen) atoms. The Labute approximate surface area is 89.8 Å². The second kappa shape index (κ2) is 4.32. The molecule has 1 N–H and O–H groups in total. The van der Waals surface area contributed by atoms with Crippen LogP contribution in [0.3, 0.4) is 0 Å². The maximum Gasteiger partial charge on any atom is 0.0911 e. The number of aromatic nitrogens is 1. The summed E-state index contributed by atoms with van der Waals surface area (Å²) in [6.45, 7) is 2.60. The molecule has 2 rings (SSSR count). The Hall–Kier alpha value is -1.54. The number of benzene rings is 1. The van der Waals surface area contributed by atoms with Crippen LogP contribution in [0.15, 0.2) is 48.7 Å². The van der Waals surface area contributed by atoms with Crippen molar-refractivity contribution < 1.29 is 5.11 Å². The second-order valence-electron chi connectivity index (χ2n) is 3.72. The van der Waals surface area contributed by atoms with E-state index >= 15 is 0 Å². The van der Waals surface area contributed by atoms with Gasteiger partial charge in [0.05, 0.1) is 6.10 Å². The summed E-state index contributed by atoms with van der Waals surface area (Å²) in [6.07, 6.45) is 1.58. The lowest BCUT2D eigenvalue weighted by atomic mass is 10.2. The average Bonchev–Trinajstić information content (AvgIpc) is 2.67. The molecule has 0 saturated carbocycles. The number of aliphatic hydroxyl groups excluding tert-OH is 1. The summed E-state index contributed by atoms with van der Waals surface area (Å²) in [5.41, 5.74) is 2.20. The lowest BCUT2D eigenvalue weighted by Gasteiger charge is -2.11. The van der Waals surface area contributed by atoms with Crippen LogP contribution in [0.25, 0.3) is 0 Å². The SMILES string of the molecule is CC(O)c1cccn1Cc1ccccc1. The number of nitrogens with zero attached hydrogens (tertiary/aromatic N) is 1. The Bertz CT molecular complexity index is 417. The topological polar surface area (TPSA) is 25.2 Å². The molecule has 0 saturated heterocycles. The normalized spacial score (nSPS) is 12.7. The fraction of sp³-hybridized carbons (Fsp3) is 0.231. The maximum absolute atomic E-state index is 9.55. The van der Waals surface area contributed by atoms with Crippen molar-refractivity contribution in [3.05, 3.63) is 59.9 Å². The van der Waals surface area contributed by atoms with E-state index in [0.717, 1.165) is 12.2 Å². The lowest BCUT2D eigenvalue weighted by molar-refractivity contribution is 0.190. The Kier molecular flexibility index (Phi) is 2.88. The van der Waals surface area contributed by atoms with Crippen LogP contribution in [-0.4, -0.2) is 9.67 Å². The van der Waals surface area contributed by atoms with Crippen molar-refractivity contribution in [1.82, 2.24) is 4.57 Å². The van der Waals surface area contributed by atoms with Crippen LogP contribution in [0.5, 0.6) is 0 Å². The molecule has 0 spiro atoms. The largest absolute Gasteiger partial charge is 0.387 e. The Morgan fingerprint density at radius 2 is 1.87 bits per heavy atom. The first-order valence-electron chi connectivity index (χ1n) is 5.14. The van der Waals surface area contributed by atoms with Crippen LogP contribution in [0.4, 0.5) is 0 Å². The van der Waals surface area contributed by atoms with E-state index < -0.39 is 6.10 Å². The maximum atomic E-state index is 9.55. The highest BCUT2D eigenvalue weighted by Crippen LogP contribution is 2.14. The van der Waals surface area contributed by atoms with Crippen molar-refractivity contribution in [3.63, 3.8) is 0 Å². The third-order valence-corrected chi connectivity index (χ3v) is 2.49. The van der Waals surface area contributed by atoms with E-state index in [4.69, 9.17) is 0 Å². The van der Waals surface area contributed by atoms with Gasteiger partial charge in [-0.05, 0) is 24.6 Å². The van der Waals surface area contributed by atoms with Gasteiger partial charge in [0.15, 0.2) is 0 Å². The van der Waals surface area contributed by atoms with E-state index in [1.165, 1.54) is 5.56 Å². The van der Waals surface area contributed by atoms with E-state index in [-0.39, 0.29) is 0 Å². The summed E-state index contributed by atoms with van der Waals surface area (Å²) in [4.78, 5) is 0. The van der Waals surface area contributed by atoms with Gasteiger partial charge in [-0.3, -0.25) is 0 Å². The smallest absolute Gasteiger partial charge is 0.0911 e. The van der Waals surface area contributed by atoms with Gasteiger partial charge in [0.1, 0.15) is 0 Å². The van der Waals surface area contributed by atoms with Gasteiger partial charge in [-0.15, -0.1) is 0 Å². The highest BCUT2D eigenvalue weighted by molar-refractivity contribution is 5.18. The zero-order chi connectivity index (χ0) is 10.7. The monoisotopic (exact) mass is 201 g/mol. The quantitative estimate of drug-likeness (QED) is 0.811. The molecule has 0 aliphatic carbocycles. The predicted molar refractivity (Wildman–Crippen MR) is 60.6 cm³/mol. The number of aliphatic hydroxyl groups is 1. The highest BCUT2D eigenvalue weighted by Gasteiger charge is 2.06. The molecule has 78 valence electrons. The molecular formula is C13H15NO. The van der Waals surface area contributed by atoms with Gasteiger partial charge in [0.2, 0.25) is 0 Å². The van der Waals surface area contributed by atoms with Crippen LogP contribution < -0.4 is 0 Å². The van der Waals surface area contributed by atoms with Crippen molar-refractivity contribution in [1.29, 1.82) is 0 Å². The molecule has 0 aliphatic heterocycles. The number of hydrogen-bond donors (Lipinski definition) is 1. The third-order valence-electron chi connectivity index (χ3n) is 2.49. The molecule has 1 aromatic heterocycles. The molecule has 0 amide bonds. The molecule has 0 radical (unpaired) electrons. The molecular weight excluding hydrogens is 186 g/mol. The Balaban J connectivity index is 2.21. The van der Waals surface area contributed by atoms with E-state index in [1.54, 1.807) is 6.92 Å². The summed E-state index contributed by atoms with van der Waals surface area (Å²) in [7, 11) is 0. The molecule has 0 fully saturated rings. The van der Waals surface area contributed by atoms with Gasteiger partial charge in [0.25, 0.3) is 0 Å². The number of hydrogen-bond acceptors (Lipinski definition) is 1. The highest BCUT2D eigenvalue weighted by atomic mass is 16.3. The molecule has 1 atom stereocenters. The fourth-order valence-electron chi connectivity index (χ4n) is 1.73. The standard InChI is InChI=1S/C13H15NO/c1-11(15)13-8-5-9-14(13)10-12-6-3-2-4-7-12/h2-9,11,15H,10H2,1H3. The molecule has 2 nitrogen and oxygen atoms in total. The zero-order valence-electron chi connectivity index (χ0n) is 8.80. The molecule has 1 aromatic carbocycles. The van der Waals surface area contributed by atoms with Crippen molar-refractivity contribution in [2.24, 2.45) is 0 Å². The summed E-state index contributed by atoms with van der Waals surface area (Å²) in [5, 5.41) is 9.55. The van der Waals surface area contributed by atoms with Gasteiger partial charge >= 0.3 is 0 Å². The molecule has 2 heteroatoms. The summed E-state index contributed by atoms with van der Waals surface area (Å²) in [6, 6.07) is 14.2. The predicted octanol–water partition coefficient (Wildman–Crippen LogP) is 2.59. The summed E-state index contributed by atoms with van der Waals surface area (Å²) < 4.78 is 2.07. The van der Waals surface area contributed by atoms with Crippen LogP contribution in [0.1, 0.15) is 24.3 Å². The van der Waals surface area contributed by atoms with Crippen LogP contribution in [0.2, 0.25) is 0 Å². The van der Waals surface area contributed by atoms with Crippen molar-refractivity contribution >= 4 is 0 Å². The minimum atomic E-state index is -0.413. The van der Waals surface area contributed by atoms with Crippen molar-refractivity contribution in [3.8, 4) is 0 Å². The molecule has 0 aliphatic rings. The molecule has 1 heterocycles. The van der Waals surface area contributed by atoms with Gasteiger partial charge in [0, 0.05) is 18.4 Å². The van der Waals surface area contributed by atoms with Gasteiger partial charge in [-0.25, -0.2) is 0 Å². The van der Waals surface area contributed by atoms with E-state index in [0.29, 0.717) is 0 Å². The van der Waals surface area contributed by atoms with Gasteiger partial charge in [-0.1, -0.05) is 30.3 Å². The minimum absolute atomic E-state index is 0.413. The first-order chi connectivity index (χ1) is 7.27. The van der Waals surface area contributed by atoms with Crippen LogP contribution in [0, 0.1) is 0 Å². The van der Waals surface area contributed by atoms with Crippen molar-refractivity contribution in [2.75, 3.05) is 0 Å². The summed E-state index contributed by atoms with van der Waals surface area (Å²) in [5.74, 6) is 0. The van der Waals surface area contributed by atoms with E-state index in [1.807, 2.05) is 36.5 Å². The first kappa shape index (κ1) is 9.99. The second-order valence-corrected chi connectivity index (χ2v) is 3.72. The van der Waals surface area contributed by atoms with E-state index in [9.17, 15) is 5.11 Å². The Morgan fingerprint density at radius 3 is 2.53 bits per heavy atom. The van der Waals surface area contributed by atoms with Gasteiger partial charge < -0.3 is 9.67 Å². The Morgan fingerprint density at radius 1 is 1.13 bits per heavy atom. The lowest BCUT2D eigenvalue weighted by Crippen LogP contribution is -2.05.